The molecule has 1 heterocycles. The van der Waals surface area contributed by atoms with Crippen molar-refractivity contribution < 1.29 is 9.50 Å². The molecule has 0 saturated carbocycles. The number of aliphatic hydroxyl groups is 1. The highest BCUT2D eigenvalue weighted by Crippen LogP contribution is 2.11. The molecule has 18 heavy (non-hydrogen) atoms. The quantitative estimate of drug-likeness (QED) is 0.880. The molecule has 0 aliphatic carbocycles. The average Bonchev–Trinajstić information content (AvgIpc) is 2.75. The molecule has 1 N–H and O–H groups in total. The van der Waals surface area contributed by atoms with Crippen LogP contribution in [0.25, 0.3) is 0 Å². The van der Waals surface area contributed by atoms with Gasteiger partial charge in [0.2, 0.25) is 0 Å². The highest BCUT2D eigenvalue weighted by molar-refractivity contribution is 5.18. The number of hydrogen-bond acceptors (Lipinski definition) is 3. The normalized spacial score (nSPS) is 10.8. The highest BCUT2D eigenvalue weighted by Gasteiger charge is 2.11. The number of halogens is 1. The molecular formula is C13H16FN3O. The Morgan fingerprint density at radius 2 is 2.00 bits per heavy atom. The van der Waals surface area contributed by atoms with Crippen molar-refractivity contribution in [2.45, 2.75) is 32.9 Å². The summed E-state index contributed by atoms with van der Waals surface area (Å²) in [7, 11) is 0. The first-order valence-corrected chi connectivity index (χ1v) is 6.01. The second-order valence-corrected chi connectivity index (χ2v) is 4.18. The van der Waals surface area contributed by atoms with E-state index in [1.165, 1.54) is 12.1 Å². The summed E-state index contributed by atoms with van der Waals surface area (Å²) < 4.78 is 14.6. The Balaban J connectivity index is 2.22. The average molecular weight is 249 g/mol. The van der Waals surface area contributed by atoms with Crippen LogP contribution in [-0.4, -0.2) is 20.1 Å². The first kappa shape index (κ1) is 12.7. The van der Waals surface area contributed by atoms with Gasteiger partial charge in [-0.1, -0.05) is 30.7 Å². The summed E-state index contributed by atoms with van der Waals surface area (Å²) >= 11 is 0. The Morgan fingerprint density at radius 1 is 1.28 bits per heavy atom. The molecule has 1 aromatic heterocycles. The van der Waals surface area contributed by atoms with Gasteiger partial charge in [-0.2, -0.15) is 0 Å². The van der Waals surface area contributed by atoms with Crippen LogP contribution in [-0.2, 0) is 19.6 Å². The minimum atomic E-state index is -0.248. The molecule has 0 saturated heterocycles. The van der Waals surface area contributed by atoms with Crippen LogP contribution < -0.4 is 0 Å². The van der Waals surface area contributed by atoms with E-state index in [0.29, 0.717) is 12.2 Å². The molecule has 0 unspecified atom stereocenters. The van der Waals surface area contributed by atoms with E-state index in [0.717, 1.165) is 24.1 Å². The highest BCUT2D eigenvalue weighted by atomic mass is 19.1. The summed E-state index contributed by atoms with van der Waals surface area (Å²) in [6, 6.07) is 6.31. The molecule has 0 spiro atoms. The van der Waals surface area contributed by atoms with Crippen LogP contribution in [0.4, 0.5) is 4.39 Å². The van der Waals surface area contributed by atoms with Crippen LogP contribution in [0.1, 0.15) is 30.3 Å². The minimum Gasteiger partial charge on any atom is -0.390 e. The van der Waals surface area contributed by atoms with E-state index >= 15 is 0 Å². The Morgan fingerprint density at radius 3 is 2.61 bits per heavy atom. The van der Waals surface area contributed by atoms with E-state index in [2.05, 4.69) is 17.2 Å². The molecular weight excluding hydrogens is 233 g/mol. The third-order valence-corrected chi connectivity index (χ3v) is 2.80. The van der Waals surface area contributed by atoms with Gasteiger partial charge in [-0.25, -0.2) is 9.07 Å². The largest absolute Gasteiger partial charge is 0.390 e. The van der Waals surface area contributed by atoms with E-state index in [9.17, 15) is 9.50 Å². The van der Waals surface area contributed by atoms with Crippen LogP contribution >= 0.6 is 0 Å². The molecule has 0 aliphatic heterocycles. The number of nitrogens with zero attached hydrogens (tertiary/aromatic N) is 3. The molecule has 5 heteroatoms. The second-order valence-electron chi connectivity index (χ2n) is 4.18. The second kappa shape index (κ2) is 5.73. The van der Waals surface area contributed by atoms with Crippen molar-refractivity contribution >= 4 is 0 Å². The van der Waals surface area contributed by atoms with Crippen LogP contribution in [0, 0.1) is 5.82 Å². The molecule has 0 bridgehead atoms. The number of aliphatic hydroxyl groups excluding tert-OH is 1. The van der Waals surface area contributed by atoms with Gasteiger partial charge in [0.25, 0.3) is 0 Å². The Bertz CT molecular complexity index is 507. The SMILES string of the molecule is CCCc1c(CO)nnn1Cc1ccc(F)cc1. The van der Waals surface area contributed by atoms with Gasteiger partial charge in [-0.3, -0.25) is 0 Å². The molecule has 0 amide bonds. The zero-order valence-electron chi connectivity index (χ0n) is 10.3. The third-order valence-electron chi connectivity index (χ3n) is 2.80. The van der Waals surface area contributed by atoms with E-state index in [1.807, 2.05) is 0 Å². The first-order valence-electron chi connectivity index (χ1n) is 6.01. The zero-order valence-corrected chi connectivity index (χ0v) is 10.3. The fourth-order valence-corrected chi connectivity index (χ4v) is 1.89. The molecule has 1 aromatic carbocycles. The molecule has 0 fully saturated rings. The monoisotopic (exact) mass is 249 g/mol. The minimum absolute atomic E-state index is 0.0985. The van der Waals surface area contributed by atoms with E-state index in [-0.39, 0.29) is 12.4 Å². The number of benzene rings is 1. The Labute approximate surface area is 105 Å². The summed E-state index contributed by atoms with van der Waals surface area (Å²) in [4.78, 5) is 0. The summed E-state index contributed by atoms with van der Waals surface area (Å²) in [6.45, 7) is 2.51. The standard InChI is InChI=1S/C13H16FN3O/c1-2-3-13-12(9-18)15-16-17(13)8-10-4-6-11(14)7-5-10/h4-7,18H,2-3,8-9H2,1H3. The van der Waals surface area contributed by atoms with Gasteiger partial charge < -0.3 is 5.11 Å². The Kier molecular flexibility index (Phi) is 4.04. The van der Waals surface area contributed by atoms with E-state index in [4.69, 9.17) is 0 Å². The van der Waals surface area contributed by atoms with Crippen LogP contribution in [0.3, 0.4) is 0 Å². The Hall–Kier alpha value is -1.75. The van der Waals surface area contributed by atoms with Crippen LogP contribution in [0.2, 0.25) is 0 Å². The lowest BCUT2D eigenvalue weighted by atomic mass is 10.2. The fraction of sp³-hybridized carbons (Fsp3) is 0.385. The van der Waals surface area contributed by atoms with Crippen molar-refractivity contribution in [2.24, 2.45) is 0 Å². The van der Waals surface area contributed by atoms with Crippen molar-refractivity contribution in [3.63, 3.8) is 0 Å². The molecule has 2 aromatic rings. The lowest BCUT2D eigenvalue weighted by molar-refractivity contribution is 0.275. The molecule has 0 aliphatic rings. The molecule has 0 radical (unpaired) electrons. The fourth-order valence-electron chi connectivity index (χ4n) is 1.89. The van der Waals surface area contributed by atoms with Crippen molar-refractivity contribution in [3.8, 4) is 0 Å². The van der Waals surface area contributed by atoms with E-state index < -0.39 is 0 Å². The zero-order chi connectivity index (χ0) is 13.0. The number of rotatable bonds is 5. The molecule has 0 atom stereocenters. The maximum Gasteiger partial charge on any atom is 0.123 e. The summed E-state index contributed by atoms with van der Waals surface area (Å²) in [5.41, 5.74) is 2.53. The van der Waals surface area contributed by atoms with Gasteiger partial charge in [0, 0.05) is 0 Å². The number of aromatic nitrogens is 3. The van der Waals surface area contributed by atoms with Crippen molar-refractivity contribution in [2.75, 3.05) is 0 Å². The van der Waals surface area contributed by atoms with Gasteiger partial charge in [0.15, 0.2) is 0 Å². The van der Waals surface area contributed by atoms with Crippen LogP contribution in [0.15, 0.2) is 24.3 Å². The van der Waals surface area contributed by atoms with Gasteiger partial charge in [-0.05, 0) is 24.1 Å². The summed E-state index contributed by atoms with van der Waals surface area (Å²) in [5.74, 6) is -0.248. The molecule has 4 nitrogen and oxygen atoms in total. The third kappa shape index (κ3) is 2.73. The lowest BCUT2D eigenvalue weighted by Crippen LogP contribution is -2.07. The topological polar surface area (TPSA) is 50.9 Å². The maximum absolute atomic E-state index is 12.8. The van der Waals surface area contributed by atoms with Crippen molar-refractivity contribution in [3.05, 3.63) is 47.0 Å². The smallest absolute Gasteiger partial charge is 0.123 e. The summed E-state index contributed by atoms with van der Waals surface area (Å²) in [6.07, 6.45) is 1.79. The molecule has 2 rings (SSSR count). The van der Waals surface area contributed by atoms with Crippen molar-refractivity contribution in [1.82, 2.24) is 15.0 Å². The van der Waals surface area contributed by atoms with Gasteiger partial charge in [-0.15, -0.1) is 5.10 Å². The summed E-state index contributed by atoms with van der Waals surface area (Å²) in [5, 5.41) is 17.2. The predicted octanol–water partition coefficient (Wildman–Crippen LogP) is 1.91. The molecule has 96 valence electrons. The van der Waals surface area contributed by atoms with Gasteiger partial charge in [0.1, 0.15) is 11.5 Å². The van der Waals surface area contributed by atoms with Gasteiger partial charge >= 0.3 is 0 Å². The maximum atomic E-state index is 12.8. The lowest BCUT2D eigenvalue weighted by Gasteiger charge is -2.06. The van der Waals surface area contributed by atoms with E-state index in [1.54, 1.807) is 16.8 Å². The first-order chi connectivity index (χ1) is 8.74. The van der Waals surface area contributed by atoms with Crippen LogP contribution in [0.5, 0.6) is 0 Å². The number of hydrogen-bond donors (Lipinski definition) is 1. The van der Waals surface area contributed by atoms with Gasteiger partial charge in [0.05, 0.1) is 18.8 Å². The van der Waals surface area contributed by atoms with Crippen molar-refractivity contribution in [1.29, 1.82) is 0 Å². The predicted molar refractivity (Wildman–Crippen MR) is 65.4 cm³/mol.